The van der Waals surface area contributed by atoms with Gasteiger partial charge >= 0.3 is 0 Å². The monoisotopic (exact) mass is 265 g/mol. The fourth-order valence-corrected chi connectivity index (χ4v) is 2.31. The topological polar surface area (TPSA) is 70.0 Å². The number of ether oxygens (including phenoxy) is 1. The molecule has 2 rings (SSSR count). The normalized spacial score (nSPS) is 16.4. The predicted molar refractivity (Wildman–Crippen MR) is 70.4 cm³/mol. The Labute approximate surface area is 112 Å². The highest BCUT2D eigenvalue weighted by molar-refractivity contribution is 5.97. The molecular formula is C14H19NO4. The van der Waals surface area contributed by atoms with E-state index in [1.165, 1.54) is 13.2 Å². The van der Waals surface area contributed by atoms with Crippen LogP contribution in [0, 0.1) is 5.92 Å². The molecule has 1 heterocycles. The maximum Gasteiger partial charge on any atom is 0.257 e. The summed E-state index contributed by atoms with van der Waals surface area (Å²) in [5.74, 6) is 0.576. The van der Waals surface area contributed by atoms with Crippen LogP contribution in [0.5, 0.6) is 11.5 Å². The van der Waals surface area contributed by atoms with Crippen molar-refractivity contribution in [3.05, 3.63) is 23.8 Å². The van der Waals surface area contributed by atoms with Crippen LogP contribution in [0.4, 0.5) is 0 Å². The molecule has 5 heteroatoms. The summed E-state index contributed by atoms with van der Waals surface area (Å²) < 4.78 is 4.99. The maximum absolute atomic E-state index is 12.3. The second-order valence-corrected chi connectivity index (χ2v) is 4.80. The molecule has 0 unspecified atom stereocenters. The van der Waals surface area contributed by atoms with Gasteiger partial charge in [-0.25, -0.2) is 0 Å². The van der Waals surface area contributed by atoms with Gasteiger partial charge in [-0.15, -0.1) is 0 Å². The average molecular weight is 265 g/mol. The fourth-order valence-electron chi connectivity index (χ4n) is 2.31. The SMILES string of the molecule is COc1ccc(C(=O)N2CCC(CO)CC2)c(O)c1. The standard InChI is InChI=1S/C14H19NO4/c1-19-11-2-3-12(13(17)8-11)14(18)15-6-4-10(9-16)5-7-15/h2-3,8,10,16-17H,4-7,9H2,1H3. The number of aliphatic hydroxyl groups excluding tert-OH is 1. The molecule has 1 saturated heterocycles. The third-order valence-corrected chi connectivity index (χ3v) is 3.60. The van der Waals surface area contributed by atoms with E-state index in [4.69, 9.17) is 9.84 Å². The molecule has 5 nitrogen and oxygen atoms in total. The summed E-state index contributed by atoms with van der Waals surface area (Å²) in [6, 6.07) is 4.68. The predicted octanol–water partition coefficient (Wildman–Crippen LogP) is 1.25. The Hall–Kier alpha value is -1.75. The van der Waals surface area contributed by atoms with E-state index in [2.05, 4.69) is 0 Å². The summed E-state index contributed by atoms with van der Waals surface area (Å²) >= 11 is 0. The van der Waals surface area contributed by atoms with Crippen molar-refractivity contribution >= 4 is 5.91 Å². The Morgan fingerprint density at radius 3 is 2.63 bits per heavy atom. The summed E-state index contributed by atoms with van der Waals surface area (Å²) in [5, 5.41) is 18.9. The molecule has 1 aliphatic heterocycles. The number of aliphatic hydroxyl groups is 1. The van der Waals surface area contributed by atoms with E-state index < -0.39 is 0 Å². The maximum atomic E-state index is 12.3. The Bertz CT molecular complexity index is 453. The highest BCUT2D eigenvalue weighted by Gasteiger charge is 2.24. The first kappa shape index (κ1) is 13.7. The summed E-state index contributed by atoms with van der Waals surface area (Å²) in [6.45, 7) is 1.42. The number of rotatable bonds is 3. The molecule has 2 N–H and O–H groups in total. The number of carbonyl (C=O) groups excluding carboxylic acids is 1. The van der Waals surface area contributed by atoms with Crippen LogP contribution in [0.25, 0.3) is 0 Å². The number of phenols is 1. The van der Waals surface area contributed by atoms with Crippen LogP contribution < -0.4 is 4.74 Å². The van der Waals surface area contributed by atoms with E-state index in [0.29, 0.717) is 24.4 Å². The minimum Gasteiger partial charge on any atom is -0.507 e. The lowest BCUT2D eigenvalue weighted by Gasteiger charge is -2.31. The number of benzene rings is 1. The highest BCUT2D eigenvalue weighted by atomic mass is 16.5. The van der Waals surface area contributed by atoms with Crippen LogP contribution in [-0.2, 0) is 0 Å². The van der Waals surface area contributed by atoms with E-state index in [0.717, 1.165) is 12.8 Å². The molecule has 19 heavy (non-hydrogen) atoms. The summed E-state index contributed by atoms with van der Waals surface area (Å²) in [5.41, 5.74) is 0.295. The van der Waals surface area contributed by atoms with Crippen molar-refractivity contribution in [2.45, 2.75) is 12.8 Å². The van der Waals surface area contributed by atoms with Gasteiger partial charge < -0.3 is 19.8 Å². The van der Waals surface area contributed by atoms with E-state index in [-0.39, 0.29) is 24.2 Å². The zero-order valence-electron chi connectivity index (χ0n) is 11.0. The average Bonchev–Trinajstić information content (AvgIpc) is 2.46. The van der Waals surface area contributed by atoms with Crippen molar-refractivity contribution in [3.63, 3.8) is 0 Å². The third kappa shape index (κ3) is 2.98. The summed E-state index contributed by atoms with van der Waals surface area (Å²) in [7, 11) is 1.51. The quantitative estimate of drug-likeness (QED) is 0.863. The van der Waals surface area contributed by atoms with Crippen LogP contribution >= 0.6 is 0 Å². The molecule has 1 aromatic rings. The van der Waals surface area contributed by atoms with Crippen molar-refractivity contribution in [3.8, 4) is 11.5 Å². The highest BCUT2D eigenvalue weighted by Crippen LogP contribution is 2.26. The van der Waals surface area contributed by atoms with Crippen molar-refractivity contribution in [2.75, 3.05) is 26.8 Å². The van der Waals surface area contributed by atoms with Gasteiger partial charge in [0.1, 0.15) is 11.5 Å². The number of hydrogen-bond acceptors (Lipinski definition) is 4. The molecule has 1 aliphatic rings. The van der Waals surface area contributed by atoms with Crippen LogP contribution in [0.3, 0.4) is 0 Å². The lowest BCUT2D eigenvalue weighted by Crippen LogP contribution is -2.39. The zero-order valence-corrected chi connectivity index (χ0v) is 11.0. The Kier molecular flexibility index (Phi) is 4.27. The van der Waals surface area contributed by atoms with E-state index in [1.807, 2.05) is 0 Å². The molecule has 0 radical (unpaired) electrons. The van der Waals surface area contributed by atoms with Gasteiger partial charge in [0.25, 0.3) is 5.91 Å². The van der Waals surface area contributed by atoms with Gasteiger partial charge in [-0.1, -0.05) is 0 Å². The first-order valence-electron chi connectivity index (χ1n) is 6.43. The summed E-state index contributed by atoms with van der Waals surface area (Å²) in [6.07, 6.45) is 1.61. The Morgan fingerprint density at radius 2 is 2.11 bits per heavy atom. The molecule has 0 spiro atoms. The smallest absolute Gasteiger partial charge is 0.257 e. The van der Waals surface area contributed by atoms with Gasteiger partial charge in [0.15, 0.2) is 0 Å². The largest absolute Gasteiger partial charge is 0.507 e. The minimum atomic E-state index is -0.170. The Morgan fingerprint density at radius 1 is 1.42 bits per heavy atom. The van der Waals surface area contributed by atoms with Gasteiger partial charge in [-0.3, -0.25) is 4.79 Å². The fraction of sp³-hybridized carbons (Fsp3) is 0.500. The van der Waals surface area contributed by atoms with Crippen molar-refractivity contribution in [1.82, 2.24) is 4.90 Å². The molecular weight excluding hydrogens is 246 g/mol. The van der Waals surface area contributed by atoms with Gasteiger partial charge in [-0.2, -0.15) is 0 Å². The molecule has 1 aromatic carbocycles. The van der Waals surface area contributed by atoms with Gasteiger partial charge in [0, 0.05) is 25.8 Å². The Balaban J connectivity index is 2.08. The second-order valence-electron chi connectivity index (χ2n) is 4.80. The van der Waals surface area contributed by atoms with E-state index >= 15 is 0 Å². The number of aromatic hydroxyl groups is 1. The van der Waals surface area contributed by atoms with Crippen molar-refractivity contribution in [2.24, 2.45) is 5.92 Å². The van der Waals surface area contributed by atoms with Crippen LogP contribution in [-0.4, -0.2) is 47.8 Å². The van der Waals surface area contributed by atoms with E-state index in [1.54, 1.807) is 17.0 Å². The number of methoxy groups -OCH3 is 1. The number of piperidine rings is 1. The second kappa shape index (κ2) is 5.93. The molecule has 0 saturated carbocycles. The molecule has 1 amide bonds. The number of hydrogen-bond donors (Lipinski definition) is 2. The number of amides is 1. The molecule has 0 aromatic heterocycles. The number of likely N-dealkylation sites (tertiary alicyclic amines) is 1. The summed E-state index contributed by atoms with van der Waals surface area (Å²) in [4.78, 5) is 14.0. The molecule has 0 bridgehead atoms. The lowest BCUT2D eigenvalue weighted by molar-refractivity contribution is 0.0648. The molecule has 1 fully saturated rings. The first-order chi connectivity index (χ1) is 9.15. The van der Waals surface area contributed by atoms with Crippen LogP contribution in [0.1, 0.15) is 23.2 Å². The number of nitrogens with zero attached hydrogens (tertiary/aromatic N) is 1. The molecule has 0 aliphatic carbocycles. The van der Waals surface area contributed by atoms with Gasteiger partial charge in [-0.05, 0) is 30.9 Å². The number of phenolic OH excluding ortho intramolecular Hbond substituents is 1. The van der Waals surface area contributed by atoms with Crippen LogP contribution in [0.2, 0.25) is 0 Å². The molecule has 104 valence electrons. The first-order valence-corrected chi connectivity index (χ1v) is 6.43. The van der Waals surface area contributed by atoms with Crippen LogP contribution in [0.15, 0.2) is 18.2 Å². The third-order valence-electron chi connectivity index (χ3n) is 3.60. The minimum absolute atomic E-state index is 0.0615. The molecule has 0 atom stereocenters. The zero-order chi connectivity index (χ0) is 13.8. The lowest BCUT2D eigenvalue weighted by atomic mass is 9.97. The van der Waals surface area contributed by atoms with E-state index in [9.17, 15) is 9.90 Å². The van der Waals surface area contributed by atoms with Gasteiger partial charge in [0.05, 0.1) is 12.7 Å². The van der Waals surface area contributed by atoms with Crippen molar-refractivity contribution in [1.29, 1.82) is 0 Å². The van der Waals surface area contributed by atoms with Crippen molar-refractivity contribution < 1.29 is 19.7 Å². The van der Waals surface area contributed by atoms with Gasteiger partial charge in [0.2, 0.25) is 0 Å². The number of carbonyl (C=O) groups is 1.